The van der Waals surface area contributed by atoms with Crippen LogP contribution in [0.1, 0.15) is 71.6 Å². The van der Waals surface area contributed by atoms with Crippen LogP contribution in [-0.4, -0.2) is 22.4 Å². The van der Waals surface area contributed by atoms with Crippen LogP contribution in [0.5, 0.6) is 0 Å². The van der Waals surface area contributed by atoms with E-state index in [1.54, 1.807) is 0 Å². The van der Waals surface area contributed by atoms with Gasteiger partial charge in [-0.3, -0.25) is 0 Å². The van der Waals surface area contributed by atoms with Crippen LogP contribution in [-0.2, 0) is 0 Å². The van der Waals surface area contributed by atoms with Gasteiger partial charge in [-0.2, -0.15) is 0 Å². The second-order valence-corrected chi connectivity index (χ2v) is 9.37. The molecule has 0 saturated heterocycles. The van der Waals surface area contributed by atoms with Crippen LogP contribution < -0.4 is 0 Å². The Bertz CT molecular complexity index is 422. The van der Waals surface area contributed by atoms with Crippen LogP contribution in [0.4, 0.5) is 0 Å². The number of aliphatic hydroxyl groups excluding tert-OH is 2. The van der Waals surface area contributed by atoms with Crippen molar-refractivity contribution in [2.24, 2.45) is 34.5 Å². The van der Waals surface area contributed by atoms with Gasteiger partial charge >= 0.3 is 0 Å². The molecular weight excluding hydrogens is 260 g/mol. The molecule has 0 bridgehead atoms. The highest BCUT2D eigenvalue weighted by molar-refractivity contribution is 5.08. The van der Waals surface area contributed by atoms with E-state index in [4.69, 9.17) is 0 Å². The lowest BCUT2D eigenvalue weighted by molar-refractivity contribution is -0.120. The van der Waals surface area contributed by atoms with Crippen molar-refractivity contribution in [3.05, 3.63) is 0 Å². The predicted octanol–water partition coefficient (Wildman–Crippen LogP) is 3.75. The van der Waals surface area contributed by atoms with E-state index in [0.29, 0.717) is 10.8 Å². The van der Waals surface area contributed by atoms with Gasteiger partial charge in [0.05, 0.1) is 12.2 Å². The first-order chi connectivity index (χ1) is 9.92. The third kappa shape index (κ3) is 2.05. The lowest BCUT2D eigenvalue weighted by atomic mass is 9.45. The topological polar surface area (TPSA) is 40.5 Å². The summed E-state index contributed by atoms with van der Waals surface area (Å²) < 4.78 is 0. The van der Waals surface area contributed by atoms with Crippen molar-refractivity contribution in [1.82, 2.24) is 0 Å². The van der Waals surface area contributed by atoms with Crippen LogP contribution >= 0.6 is 0 Å². The molecule has 120 valence electrons. The second-order valence-electron chi connectivity index (χ2n) is 9.37. The summed E-state index contributed by atoms with van der Waals surface area (Å²) in [5.74, 6) is 3.21. The van der Waals surface area contributed by atoms with E-state index in [-0.39, 0.29) is 12.2 Å². The number of hydrogen-bond donors (Lipinski definition) is 2. The molecule has 4 rings (SSSR count). The monoisotopic (exact) mass is 292 g/mol. The van der Waals surface area contributed by atoms with E-state index in [1.165, 1.54) is 32.1 Å². The van der Waals surface area contributed by atoms with Crippen LogP contribution in [0, 0.1) is 34.5 Å². The van der Waals surface area contributed by atoms with Crippen LogP contribution in [0.2, 0.25) is 0 Å². The molecule has 0 aromatic rings. The Hall–Kier alpha value is -0.0800. The number of rotatable bonds is 0. The number of hydrogen-bond acceptors (Lipinski definition) is 2. The van der Waals surface area contributed by atoms with Gasteiger partial charge in [-0.25, -0.2) is 0 Å². The molecule has 0 unspecified atom stereocenters. The number of aliphatic hydroxyl groups is 2. The fraction of sp³-hybridized carbons (Fsp3) is 1.00. The maximum Gasteiger partial charge on any atom is 0.0548 e. The quantitative estimate of drug-likeness (QED) is 0.714. The number of fused-ring (bicyclic) bond motifs is 5. The Morgan fingerprint density at radius 1 is 0.810 bits per heavy atom. The zero-order valence-corrected chi connectivity index (χ0v) is 13.7. The van der Waals surface area contributed by atoms with Crippen molar-refractivity contribution in [3.63, 3.8) is 0 Å². The average molecular weight is 292 g/mol. The van der Waals surface area contributed by atoms with E-state index in [9.17, 15) is 10.2 Å². The van der Waals surface area contributed by atoms with Gasteiger partial charge in [0.25, 0.3) is 0 Å². The van der Waals surface area contributed by atoms with E-state index in [1.807, 2.05) is 0 Å². The highest BCUT2D eigenvalue weighted by Crippen LogP contribution is 2.66. The molecule has 21 heavy (non-hydrogen) atoms. The first kappa shape index (κ1) is 14.5. The van der Waals surface area contributed by atoms with Crippen molar-refractivity contribution in [2.75, 3.05) is 0 Å². The Morgan fingerprint density at radius 2 is 1.62 bits per heavy atom. The van der Waals surface area contributed by atoms with Crippen LogP contribution in [0.25, 0.3) is 0 Å². The summed E-state index contributed by atoms with van der Waals surface area (Å²) in [5, 5.41) is 20.3. The first-order valence-electron chi connectivity index (χ1n) is 9.28. The molecule has 0 aliphatic heterocycles. The molecule has 8 atom stereocenters. The zero-order chi connectivity index (χ0) is 14.8. The summed E-state index contributed by atoms with van der Waals surface area (Å²) in [6, 6.07) is 0. The Balaban J connectivity index is 1.62. The minimum atomic E-state index is -0.0440. The van der Waals surface area contributed by atoms with Crippen molar-refractivity contribution in [2.45, 2.75) is 83.8 Å². The average Bonchev–Trinajstić information content (AvgIpc) is 2.74. The molecule has 4 aliphatic rings. The summed E-state index contributed by atoms with van der Waals surface area (Å²) in [6.07, 6.45) is 10.7. The van der Waals surface area contributed by atoms with E-state index in [0.717, 1.165) is 49.4 Å². The molecule has 0 spiro atoms. The van der Waals surface area contributed by atoms with E-state index in [2.05, 4.69) is 13.8 Å². The van der Waals surface area contributed by atoms with Crippen molar-refractivity contribution in [1.29, 1.82) is 0 Å². The van der Waals surface area contributed by atoms with Crippen molar-refractivity contribution < 1.29 is 10.2 Å². The van der Waals surface area contributed by atoms with Crippen LogP contribution in [0.15, 0.2) is 0 Å². The summed E-state index contributed by atoms with van der Waals surface area (Å²) in [5.41, 5.74) is 0.884. The zero-order valence-electron chi connectivity index (χ0n) is 13.7. The normalized spacial score (nSPS) is 60.0. The molecule has 4 saturated carbocycles. The summed E-state index contributed by atoms with van der Waals surface area (Å²) in [6.45, 7) is 4.98. The summed E-state index contributed by atoms with van der Waals surface area (Å²) in [7, 11) is 0. The highest BCUT2D eigenvalue weighted by atomic mass is 16.3. The fourth-order valence-electron chi connectivity index (χ4n) is 7.26. The minimum absolute atomic E-state index is 0.0400. The predicted molar refractivity (Wildman–Crippen MR) is 83.7 cm³/mol. The van der Waals surface area contributed by atoms with Gasteiger partial charge in [-0.05, 0) is 92.3 Å². The molecule has 4 aliphatic carbocycles. The van der Waals surface area contributed by atoms with Gasteiger partial charge in [-0.15, -0.1) is 0 Å². The molecule has 2 heteroatoms. The van der Waals surface area contributed by atoms with Gasteiger partial charge in [0, 0.05) is 0 Å². The maximum atomic E-state index is 10.2. The molecule has 2 N–H and O–H groups in total. The van der Waals surface area contributed by atoms with Gasteiger partial charge in [-0.1, -0.05) is 13.8 Å². The SMILES string of the molecule is C[C@]12CC[C@@H]3[C@@H](CC[C@H]4C[C@H](O)CC[C@@]43C)[C@H]1C[C@@H](O)C2. The van der Waals surface area contributed by atoms with Gasteiger partial charge < -0.3 is 10.2 Å². The molecule has 0 heterocycles. The molecule has 2 nitrogen and oxygen atoms in total. The van der Waals surface area contributed by atoms with E-state index >= 15 is 0 Å². The lowest BCUT2D eigenvalue weighted by Gasteiger charge is -2.60. The third-order valence-electron chi connectivity index (χ3n) is 8.38. The second kappa shape index (κ2) is 4.71. The maximum absolute atomic E-state index is 10.2. The Kier molecular flexibility index (Phi) is 3.25. The smallest absolute Gasteiger partial charge is 0.0548 e. The van der Waals surface area contributed by atoms with Crippen LogP contribution in [0.3, 0.4) is 0 Å². The van der Waals surface area contributed by atoms with Gasteiger partial charge in [0.15, 0.2) is 0 Å². The fourth-order valence-corrected chi connectivity index (χ4v) is 7.26. The van der Waals surface area contributed by atoms with Crippen molar-refractivity contribution >= 4 is 0 Å². The Morgan fingerprint density at radius 3 is 2.43 bits per heavy atom. The Labute approximate surface area is 129 Å². The molecule has 0 aromatic carbocycles. The first-order valence-corrected chi connectivity index (χ1v) is 9.28. The minimum Gasteiger partial charge on any atom is -0.393 e. The van der Waals surface area contributed by atoms with Crippen molar-refractivity contribution in [3.8, 4) is 0 Å². The molecule has 4 fully saturated rings. The van der Waals surface area contributed by atoms with Gasteiger partial charge in [0.1, 0.15) is 0 Å². The molecular formula is C19H32O2. The molecule has 0 aromatic heterocycles. The summed E-state index contributed by atoms with van der Waals surface area (Å²) in [4.78, 5) is 0. The lowest BCUT2D eigenvalue weighted by Crippen LogP contribution is -2.53. The summed E-state index contributed by atoms with van der Waals surface area (Å²) >= 11 is 0. The molecule has 0 amide bonds. The van der Waals surface area contributed by atoms with Gasteiger partial charge in [0.2, 0.25) is 0 Å². The standard InChI is InChI=1S/C19H32O2/c1-18-7-6-16-15(17(18)10-14(21)11-18)4-3-12-9-13(20)5-8-19(12,16)2/h12-17,20-21H,3-11H2,1-2H3/t12-,13+,14+,15+,16+,17+,18+,19-/m0/s1. The third-order valence-corrected chi connectivity index (χ3v) is 8.38. The highest BCUT2D eigenvalue weighted by Gasteiger charge is 2.58. The largest absolute Gasteiger partial charge is 0.393 e. The molecule has 0 radical (unpaired) electrons. The van der Waals surface area contributed by atoms with E-state index < -0.39 is 0 Å².